The van der Waals surface area contributed by atoms with Gasteiger partial charge in [-0.1, -0.05) is 41.4 Å². The Morgan fingerprint density at radius 1 is 1.07 bits per heavy atom. The van der Waals surface area contributed by atoms with Crippen LogP contribution >= 0.6 is 23.2 Å². The van der Waals surface area contributed by atoms with E-state index in [1.807, 2.05) is 48.9 Å². The highest BCUT2D eigenvalue weighted by Gasteiger charge is 2.18. The van der Waals surface area contributed by atoms with Gasteiger partial charge in [0.05, 0.1) is 28.0 Å². The summed E-state index contributed by atoms with van der Waals surface area (Å²) >= 11 is 11.8. The van der Waals surface area contributed by atoms with E-state index in [2.05, 4.69) is 10.4 Å². The molecular formula is C22H22Cl2N4O2. The monoisotopic (exact) mass is 444 g/mol. The minimum Gasteiger partial charge on any atom is -0.343 e. The Hall–Kier alpha value is -2.83. The number of likely N-dealkylation sites (N-methyl/N-ethyl adjacent to an activating group) is 1. The van der Waals surface area contributed by atoms with Crippen molar-refractivity contribution in [1.82, 2.24) is 20.0 Å². The maximum atomic E-state index is 12.5. The summed E-state index contributed by atoms with van der Waals surface area (Å²) in [4.78, 5) is 26.4. The molecule has 0 spiro atoms. The Morgan fingerprint density at radius 2 is 1.77 bits per heavy atom. The number of amides is 2. The van der Waals surface area contributed by atoms with Crippen molar-refractivity contribution in [3.05, 3.63) is 81.1 Å². The predicted octanol–water partition coefficient (Wildman–Crippen LogP) is 4.18. The lowest BCUT2D eigenvalue weighted by Gasteiger charge is -2.18. The Balaban J connectivity index is 1.64. The Kier molecular flexibility index (Phi) is 6.80. The molecule has 0 radical (unpaired) electrons. The molecule has 0 bridgehead atoms. The Morgan fingerprint density at radius 3 is 2.43 bits per heavy atom. The first-order valence-electron chi connectivity index (χ1n) is 9.35. The summed E-state index contributed by atoms with van der Waals surface area (Å²) in [6, 6.07) is 14.4. The fraction of sp³-hybridized carbons (Fsp3) is 0.227. The molecule has 0 saturated carbocycles. The van der Waals surface area contributed by atoms with Crippen LogP contribution in [0.5, 0.6) is 0 Å². The van der Waals surface area contributed by atoms with Crippen molar-refractivity contribution in [2.75, 3.05) is 13.6 Å². The fourth-order valence-electron chi connectivity index (χ4n) is 3.08. The highest BCUT2D eigenvalue weighted by Crippen LogP contribution is 2.22. The standard InChI is InChI=1S/C22H22Cl2N4O2/c1-14-18(15(2)28(26-14)17-7-5-4-6-8-17)13-27(3)21(29)12-25-22(30)16-9-10-19(23)20(24)11-16/h4-11H,12-13H2,1-3H3,(H,25,30). The number of aromatic nitrogens is 2. The largest absolute Gasteiger partial charge is 0.343 e. The van der Waals surface area contributed by atoms with Crippen LogP contribution in [-0.4, -0.2) is 40.1 Å². The SMILES string of the molecule is Cc1nn(-c2ccccc2)c(C)c1CN(C)C(=O)CNC(=O)c1ccc(Cl)c(Cl)c1. The highest BCUT2D eigenvalue weighted by molar-refractivity contribution is 6.42. The van der Waals surface area contributed by atoms with Gasteiger partial charge in [0.2, 0.25) is 5.91 Å². The molecule has 2 amide bonds. The van der Waals surface area contributed by atoms with Crippen LogP contribution in [0.4, 0.5) is 0 Å². The summed E-state index contributed by atoms with van der Waals surface area (Å²) in [7, 11) is 1.70. The van der Waals surface area contributed by atoms with Gasteiger partial charge in [-0.15, -0.1) is 0 Å². The lowest BCUT2D eigenvalue weighted by molar-refractivity contribution is -0.129. The molecule has 8 heteroatoms. The molecule has 0 fully saturated rings. The first-order valence-corrected chi connectivity index (χ1v) is 10.1. The van der Waals surface area contributed by atoms with Gasteiger partial charge in [0.1, 0.15) is 0 Å². The third-order valence-electron chi connectivity index (χ3n) is 4.84. The van der Waals surface area contributed by atoms with Crippen LogP contribution in [0.2, 0.25) is 10.0 Å². The van der Waals surface area contributed by atoms with Crippen molar-refractivity contribution < 1.29 is 9.59 Å². The Bertz CT molecular complexity index is 1080. The molecule has 1 aromatic heterocycles. The molecule has 0 saturated heterocycles. The van der Waals surface area contributed by atoms with Crippen molar-refractivity contribution in [3.8, 4) is 5.69 Å². The number of hydrogen-bond donors (Lipinski definition) is 1. The number of carbonyl (C=O) groups excluding carboxylic acids is 2. The summed E-state index contributed by atoms with van der Waals surface area (Å²) < 4.78 is 1.87. The van der Waals surface area contributed by atoms with Gasteiger partial charge in [-0.2, -0.15) is 5.10 Å². The van der Waals surface area contributed by atoms with Gasteiger partial charge in [-0.05, 0) is 44.2 Å². The van der Waals surface area contributed by atoms with Crippen LogP contribution in [0.25, 0.3) is 5.69 Å². The topological polar surface area (TPSA) is 67.2 Å². The smallest absolute Gasteiger partial charge is 0.251 e. The molecule has 1 heterocycles. The Labute approximate surface area is 185 Å². The quantitative estimate of drug-likeness (QED) is 0.619. The number of hydrogen-bond acceptors (Lipinski definition) is 3. The van der Waals surface area contributed by atoms with E-state index in [-0.39, 0.29) is 23.4 Å². The molecule has 3 rings (SSSR count). The molecule has 30 heavy (non-hydrogen) atoms. The fourth-order valence-corrected chi connectivity index (χ4v) is 3.38. The molecule has 0 aliphatic carbocycles. The number of aryl methyl sites for hydroxylation is 1. The van der Waals surface area contributed by atoms with E-state index in [1.54, 1.807) is 24.1 Å². The third-order valence-corrected chi connectivity index (χ3v) is 5.58. The first-order chi connectivity index (χ1) is 14.3. The van der Waals surface area contributed by atoms with Crippen LogP contribution < -0.4 is 5.32 Å². The second-order valence-corrected chi connectivity index (χ2v) is 7.77. The highest BCUT2D eigenvalue weighted by atomic mass is 35.5. The van der Waals surface area contributed by atoms with Gasteiger partial charge in [0.15, 0.2) is 0 Å². The van der Waals surface area contributed by atoms with E-state index in [4.69, 9.17) is 23.2 Å². The molecule has 0 unspecified atom stereocenters. The number of rotatable bonds is 6. The molecule has 6 nitrogen and oxygen atoms in total. The minimum absolute atomic E-state index is 0.125. The van der Waals surface area contributed by atoms with E-state index >= 15 is 0 Å². The molecule has 1 N–H and O–H groups in total. The van der Waals surface area contributed by atoms with Gasteiger partial charge < -0.3 is 10.2 Å². The third kappa shape index (κ3) is 4.83. The average Bonchev–Trinajstić information content (AvgIpc) is 3.02. The number of halogens is 2. The van der Waals surface area contributed by atoms with E-state index in [0.29, 0.717) is 17.1 Å². The van der Waals surface area contributed by atoms with Crippen LogP contribution in [-0.2, 0) is 11.3 Å². The minimum atomic E-state index is -0.389. The number of nitrogens with one attached hydrogen (secondary N) is 1. The van der Waals surface area contributed by atoms with Crippen molar-refractivity contribution >= 4 is 35.0 Å². The van der Waals surface area contributed by atoms with Crippen LogP contribution in [0.15, 0.2) is 48.5 Å². The van der Waals surface area contributed by atoms with E-state index < -0.39 is 0 Å². The second-order valence-electron chi connectivity index (χ2n) is 6.96. The van der Waals surface area contributed by atoms with Gasteiger partial charge in [-0.25, -0.2) is 4.68 Å². The van der Waals surface area contributed by atoms with Crippen molar-refractivity contribution in [3.63, 3.8) is 0 Å². The van der Waals surface area contributed by atoms with Gasteiger partial charge in [0.25, 0.3) is 5.91 Å². The predicted molar refractivity (Wildman–Crippen MR) is 118 cm³/mol. The molecule has 2 aromatic carbocycles. The van der Waals surface area contributed by atoms with Crippen LogP contribution in [0.1, 0.15) is 27.3 Å². The molecular weight excluding hydrogens is 423 g/mol. The maximum absolute atomic E-state index is 12.5. The summed E-state index contributed by atoms with van der Waals surface area (Å²) in [6.07, 6.45) is 0. The molecule has 0 aliphatic rings. The number of para-hydroxylation sites is 1. The van der Waals surface area contributed by atoms with Crippen molar-refractivity contribution in [1.29, 1.82) is 0 Å². The lowest BCUT2D eigenvalue weighted by atomic mass is 10.2. The zero-order valence-electron chi connectivity index (χ0n) is 16.9. The number of carbonyl (C=O) groups is 2. The number of nitrogens with zero attached hydrogens (tertiary/aromatic N) is 3. The summed E-state index contributed by atoms with van der Waals surface area (Å²) in [5.74, 6) is -0.603. The lowest BCUT2D eigenvalue weighted by Crippen LogP contribution is -2.38. The zero-order valence-corrected chi connectivity index (χ0v) is 18.5. The van der Waals surface area contributed by atoms with Crippen LogP contribution in [0, 0.1) is 13.8 Å². The van der Waals surface area contributed by atoms with Crippen molar-refractivity contribution in [2.45, 2.75) is 20.4 Å². The molecule has 156 valence electrons. The average molecular weight is 445 g/mol. The molecule has 0 atom stereocenters. The zero-order chi connectivity index (χ0) is 21.8. The van der Waals surface area contributed by atoms with Crippen molar-refractivity contribution in [2.24, 2.45) is 0 Å². The molecule has 0 aliphatic heterocycles. The van der Waals surface area contributed by atoms with Crippen LogP contribution in [0.3, 0.4) is 0 Å². The summed E-state index contributed by atoms with van der Waals surface area (Å²) in [6.45, 7) is 4.17. The summed E-state index contributed by atoms with van der Waals surface area (Å²) in [5.41, 5.74) is 4.11. The second kappa shape index (κ2) is 9.32. The first kappa shape index (κ1) is 21.9. The van der Waals surface area contributed by atoms with E-state index in [0.717, 1.165) is 22.6 Å². The maximum Gasteiger partial charge on any atom is 0.251 e. The van der Waals surface area contributed by atoms with Gasteiger partial charge in [-0.3, -0.25) is 9.59 Å². The summed E-state index contributed by atoms with van der Waals surface area (Å²) in [5, 5.41) is 7.88. The van der Waals surface area contributed by atoms with E-state index in [1.165, 1.54) is 6.07 Å². The van der Waals surface area contributed by atoms with Gasteiger partial charge in [0, 0.05) is 30.4 Å². The van der Waals surface area contributed by atoms with Gasteiger partial charge >= 0.3 is 0 Å². The number of benzene rings is 2. The normalized spacial score (nSPS) is 10.7. The van der Waals surface area contributed by atoms with E-state index in [9.17, 15) is 9.59 Å². The molecule has 3 aromatic rings.